The molecule has 1 saturated heterocycles. The first kappa shape index (κ1) is 16.6. The van der Waals surface area contributed by atoms with E-state index in [-0.39, 0.29) is 21.8 Å². The van der Waals surface area contributed by atoms with Gasteiger partial charge in [0.25, 0.3) is 5.69 Å². The minimum absolute atomic E-state index is 0.0456. The zero-order valence-electron chi connectivity index (χ0n) is 14.8. The number of aromatic nitrogens is 1. The van der Waals surface area contributed by atoms with Gasteiger partial charge in [-0.2, -0.15) is 0 Å². The van der Waals surface area contributed by atoms with Crippen molar-refractivity contribution in [1.29, 1.82) is 0 Å². The quantitative estimate of drug-likeness (QED) is 0.618. The molecule has 0 bridgehead atoms. The standard InChI is InChI=1S/C18H23N3O3/c1-12-9-15(20-10-17(2,3)24-18(4,5)11-20)13-7-6-8-14(21(22)23)16(13)19-12/h6-9H,10-11H2,1-5H3. The van der Waals surface area contributed by atoms with Crippen molar-refractivity contribution in [2.75, 3.05) is 18.0 Å². The predicted octanol–water partition coefficient (Wildman–Crippen LogP) is 3.85. The Morgan fingerprint density at radius 3 is 2.42 bits per heavy atom. The molecular formula is C18H23N3O3. The largest absolute Gasteiger partial charge is 0.366 e. The second-order valence-corrected chi connectivity index (χ2v) is 7.69. The third-order valence-electron chi connectivity index (χ3n) is 4.16. The van der Waals surface area contributed by atoms with Gasteiger partial charge in [-0.25, -0.2) is 4.98 Å². The predicted molar refractivity (Wildman–Crippen MR) is 94.6 cm³/mol. The summed E-state index contributed by atoms with van der Waals surface area (Å²) in [6.45, 7) is 11.6. The van der Waals surface area contributed by atoms with Crippen LogP contribution in [0.15, 0.2) is 24.3 Å². The van der Waals surface area contributed by atoms with Crippen LogP contribution in [0.25, 0.3) is 10.9 Å². The van der Waals surface area contributed by atoms with E-state index in [1.807, 2.05) is 19.1 Å². The van der Waals surface area contributed by atoms with Crippen molar-refractivity contribution in [1.82, 2.24) is 4.98 Å². The Morgan fingerprint density at radius 1 is 1.21 bits per heavy atom. The van der Waals surface area contributed by atoms with E-state index < -0.39 is 0 Å². The molecule has 3 rings (SSSR count). The number of non-ortho nitro benzene ring substituents is 1. The zero-order valence-corrected chi connectivity index (χ0v) is 14.8. The van der Waals surface area contributed by atoms with Crippen LogP contribution in [0.3, 0.4) is 0 Å². The summed E-state index contributed by atoms with van der Waals surface area (Å²) in [6, 6.07) is 7.13. The second kappa shape index (κ2) is 5.41. The number of nitrogens with zero attached hydrogens (tertiary/aromatic N) is 3. The molecule has 1 aromatic carbocycles. The molecule has 0 N–H and O–H groups in total. The Hall–Kier alpha value is -2.21. The van der Waals surface area contributed by atoms with Crippen LogP contribution in [0.2, 0.25) is 0 Å². The Balaban J connectivity index is 2.19. The van der Waals surface area contributed by atoms with Crippen LogP contribution in [0.4, 0.5) is 11.4 Å². The van der Waals surface area contributed by atoms with Gasteiger partial charge in [0.05, 0.1) is 16.1 Å². The first-order chi connectivity index (χ1) is 11.1. The Bertz CT molecular complexity index is 799. The van der Waals surface area contributed by atoms with Crippen LogP contribution in [0.5, 0.6) is 0 Å². The highest BCUT2D eigenvalue weighted by atomic mass is 16.6. The van der Waals surface area contributed by atoms with E-state index in [0.717, 1.165) is 29.9 Å². The van der Waals surface area contributed by atoms with Gasteiger partial charge in [0.2, 0.25) is 0 Å². The number of nitro groups is 1. The number of benzene rings is 1. The Morgan fingerprint density at radius 2 is 1.83 bits per heavy atom. The number of nitro benzene ring substituents is 1. The van der Waals surface area contributed by atoms with Gasteiger partial charge < -0.3 is 9.64 Å². The smallest absolute Gasteiger partial charge is 0.295 e. The highest BCUT2D eigenvalue weighted by Crippen LogP contribution is 2.37. The number of hydrogen-bond acceptors (Lipinski definition) is 5. The summed E-state index contributed by atoms with van der Waals surface area (Å²) in [5.74, 6) is 0. The van der Waals surface area contributed by atoms with Crippen LogP contribution in [0, 0.1) is 17.0 Å². The minimum atomic E-state index is -0.369. The summed E-state index contributed by atoms with van der Waals surface area (Å²) >= 11 is 0. The molecule has 0 spiro atoms. The van der Waals surface area contributed by atoms with E-state index >= 15 is 0 Å². The summed E-state index contributed by atoms with van der Waals surface area (Å²) in [5, 5.41) is 12.2. The van der Waals surface area contributed by atoms with Gasteiger partial charge in [-0.15, -0.1) is 0 Å². The Labute approximate surface area is 141 Å². The fourth-order valence-corrected chi connectivity index (χ4v) is 3.71. The lowest BCUT2D eigenvalue weighted by Gasteiger charge is -2.48. The third-order valence-corrected chi connectivity index (χ3v) is 4.16. The van der Waals surface area contributed by atoms with Gasteiger partial charge in [0, 0.05) is 35.9 Å². The molecule has 6 nitrogen and oxygen atoms in total. The van der Waals surface area contributed by atoms with Crippen LogP contribution >= 0.6 is 0 Å². The van der Waals surface area contributed by atoms with Crippen molar-refractivity contribution in [3.8, 4) is 0 Å². The van der Waals surface area contributed by atoms with Gasteiger partial charge >= 0.3 is 0 Å². The summed E-state index contributed by atoms with van der Waals surface area (Å²) < 4.78 is 6.15. The van der Waals surface area contributed by atoms with Gasteiger partial charge in [-0.3, -0.25) is 10.1 Å². The molecule has 24 heavy (non-hydrogen) atoms. The van der Waals surface area contributed by atoms with Crippen molar-refractivity contribution in [3.05, 3.63) is 40.1 Å². The lowest BCUT2D eigenvalue weighted by atomic mass is 9.97. The molecular weight excluding hydrogens is 306 g/mol. The van der Waals surface area contributed by atoms with Crippen molar-refractivity contribution in [2.24, 2.45) is 0 Å². The lowest BCUT2D eigenvalue weighted by Crippen LogP contribution is -2.57. The van der Waals surface area contributed by atoms with Gasteiger partial charge in [-0.1, -0.05) is 12.1 Å². The molecule has 0 unspecified atom stereocenters. The highest BCUT2D eigenvalue weighted by molar-refractivity contribution is 5.97. The number of rotatable bonds is 2. The number of fused-ring (bicyclic) bond motifs is 1. The number of ether oxygens (including phenoxy) is 1. The zero-order chi connectivity index (χ0) is 17.7. The number of anilines is 1. The molecule has 0 radical (unpaired) electrons. The SMILES string of the molecule is Cc1cc(N2CC(C)(C)OC(C)(C)C2)c2cccc([N+](=O)[O-])c2n1. The summed E-state index contributed by atoms with van der Waals surface area (Å²) in [7, 11) is 0. The van der Waals surface area contributed by atoms with Crippen LogP contribution < -0.4 is 4.90 Å². The molecule has 1 aliphatic heterocycles. The van der Waals surface area contributed by atoms with Crippen molar-refractivity contribution >= 4 is 22.3 Å². The molecule has 1 aliphatic rings. The third kappa shape index (κ3) is 3.06. The normalized spacial score (nSPS) is 19.5. The molecule has 0 saturated carbocycles. The number of pyridine rings is 1. The number of morpholine rings is 1. The molecule has 2 aromatic rings. The van der Waals surface area contributed by atoms with Gasteiger partial charge in [0.1, 0.15) is 0 Å². The van der Waals surface area contributed by atoms with E-state index in [4.69, 9.17) is 4.74 Å². The van der Waals surface area contributed by atoms with Crippen molar-refractivity contribution in [2.45, 2.75) is 45.8 Å². The number of aryl methyl sites for hydroxylation is 1. The summed E-state index contributed by atoms with van der Waals surface area (Å²) in [4.78, 5) is 17.7. The monoisotopic (exact) mass is 329 g/mol. The second-order valence-electron chi connectivity index (χ2n) is 7.69. The summed E-state index contributed by atoms with van der Waals surface area (Å²) in [6.07, 6.45) is 0. The molecule has 0 aliphatic carbocycles. The first-order valence-electron chi connectivity index (χ1n) is 8.08. The van der Waals surface area contributed by atoms with Crippen LogP contribution in [-0.2, 0) is 4.74 Å². The van der Waals surface area contributed by atoms with Gasteiger partial charge in [-0.05, 0) is 40.7 Å². The maximum Gasteiger partial charge on any atom is 0.295 e. The summed E-state index contributed by atoms with van der Waals surface area (Å²) in [5.41, 5.74) is 1.64. The number of hydrogen-bond donors (Lipinski definition) is 0. The van der Waals surface area contributed by atoms with E-state index in [2.05, 4.69) is 37.6 Å². The highest BCUT2D eigenvalue weighted by Gasteiger charge is 2.38. The van der Waals surface area contributed by atoms with E-state index in [9.17, 15) is 10.1 Å². The molecule has 0 amide bonds. The average molecular weight is 329 g/mol. The van der Waals surface area contributed by atoms with Crippen molar-refractivity contribution < 1.29 is 9.66 Å². The fourth-order valence-electron chi connectivity index (χ4n) is 3.71. The van der Waals surface area contributed by atoms with Crippen LogP contribution in [-0.4, -0.2) is 34.2 Å². The molecule has 2 heterocycles. The number of para-hydroxylation sites is 1. The maximum absolute atomic E-state index is 11.4. The first-order valence-corrected chi connectivity index (χ1v) is 8.08. The molecule has 6 heteroatoms. The van der Waals surface area contributed by atoms with Crippen molar-refractivity contribution in [3.63, 3.8) is 0 Å². The van der Waals surface area contributed by atoms with E-state index in [0.29, 0.717) is 5.52 Å². The molecule has 1 fully saturated rings. The lowest BCUT2D eigenvalue weighted by molar-refractivity contribution is -0.383. The van der Waals surface area contributed by atoms with E-state index in [1.54, 1.807) is 6.07 Å². The Kier molecular flexibility index (Phi) is 3.75. The topological polar surface area (TPSA) is 68.5 Å². The van der Waals surface area contributed by atoms with Gasteiger partial charge in [0.15, 0.2) is 5.52 Å². The molecule has 0 atom stereocenters. The minimum Gasteiger partial charge on any atom is -0.366 e. The van der Waals surface area contributed by atoms with Crippen LogP contribution in [0.1, 0.15) is 33.4 Å². The van der Waals surface area contributed by atoms with E-state index in [1.165, 1.54) is 6.07 Å². The fraction of sp³-hybridized carbons (Fsp3) is 0.500. The molecule has 128 valence electrons. The molecule has 1 aromatic heterocycles. The average Bonchev–Trinajstić information content (AvgIpc) is 2.42. The maximum atomic E-state index is 11.4.